The molecule has 27 heavy (non-hydrogen) atoms. The molecule has 0 fully saturated rings. The summed E-state index contributed by atoms with van der Waals surface area (Å²) >= 11 is 6.81. The number of nitro benzene ring substituents is 1. The lowest BCUT2D eigenvalue weighted by molar-refractivity contribution is -0.384. The van der Waals surface area contributed by atoms with Gasteiger partial charge in [-0.05, 0) is 61.0 Å². The smallest absolute Gasteiger partial charge is 0.456 e. The minimum Gasteiger partial charge on any atom is -0.456 e. The molecule has 8 nitrogen and oxygen atoms in total. The third-order valence-corrected chi connectivity index (χ3v) is 3.91. The van der Waals surface area contributed by atoms with Gasteiger partial charge in [0.15, 0.2) is 0 Å². The van der Waals surface area contributed by atoms with Crippen molar-refractivity contribution < 1.29 is 24.0 Å². The van der Waals surface area contributed by atoms with E-state index in [2.05, 4.69) is 37.2 Å². The van der Waals surface area contributed by atoms with Crippen molar-refractivity contribution in [2.24, 2.45) is 0 Å². The zero-order valence-electron chi connectivity index (χ0n) is 14.6. The number of anilines is 1. The van der Waals surface area contributed by atoms with Crippen LogP contribution in [0.1, 0.15) is 20.8 Å². The van der Waals surface area contributed by atoms with Gasteiger partial charge in [0.1, 0.15) is 17.2 Å². The summed E-state index contributed by atoms with van der Waals surface area (Å²) in [5.41, 5.74) is 0.136. The summed E-state index contributed by atoms with van der Waals surface area (Å²) in [5.74, 6) is 1.15. The summed E-state index contributed by atoms with van der Waals surface area (Å²) in [5, 5.41) is 14.3. The highest BCUT2D eigenvalue weighted by molar-refractivity contribution is 9.11. The molecule has 0 heterocycles. The molecule has 0 aliphatic heterocycles. The second-order valence-electron chi connectivity index (χ2n) is 6.24. The Morgan fingerprint density at radius 3 is 2.22 bits per heavy atom. The Morgan fingerprint density at radius 1 is 1.15 bits per heavy atom. The largest absolute Gasteiger partial charge is 0.692 e. The summed E-state index contributed by atoms with van der Waals surface area (Å²) in [4.78, 5) is 25.0. The van der Waals surface area contributed by atoms with E-state index in [1.165, 1.54) is 6.07 Å². The van der Waals surface area contributed by atoms with Gasteiger partial charge in [0.2, 0.25) is 0 Å². The molecule has 0 amide bonds. The van der Waals surface area contributed by atoms with Gasteiger partial charge in [-0.15, -0.1) is 9.79 Å². The molecular weight excluding hydrogens is 507 g/mol. The molecule has 0 aliphatic rings. The Morgan fingerprint density at radius 2 is 1.74 bits per heavy atom. The van der Waals surface area contributed by atoms with Gasteiger partial charge in [-0.3, -0.25) is 10.1 Å². The van der Waals surface area contributed by atoms with Crippen molar-refractivity contribution in [2.45, 2.75) is 26.3 Å². The van der Waals surface area contributed by atoms with Gasteiger partial charge in [-0.25, -0.2) is 0 Å². The van der Waals surface area contributed by atoms with Crippen LogP contribution in [-0.4, -0.2) is 20.2 Å². The van der Waals surface area contributed by atoms with Crippen LogP contribution in [0.3, 0.4) is 0 Å². The molecule has 3 N–H and O–H groups in total. The Labute approximate surface area is 173 Å². The molecular formula is C16H18Br2N2O6P+. The van der Waals surface area contributed by atoms with E-state index in [0.717, 1.165) is 8.95 Å². The molecule has 0 aliphatic carbocycles. The van der Waals surface area contributed by atoms with E-state index in [1.807, 2.05) is 39.0 Å². The van der Waals surface area contributed by atoms with Gasteiger partial charge < -0.3 is 10.1 Å². The van der Waals surface area contributed by atoms with Crippen molar-refractivity contribution in [2.75, 3.05) is 5.32 Å². The van der Waals surface area contributed by atoms with Crippen LogP contribution in [0, 0.1) is 10.1 Å². The summed E-state index contributed by atoms with van der Waals surface area (Å²) in [6, 6.07) is 10.2. The summed E-state index contributed by atoms with van der Waals surface area (Å²) in [6.07, 6.45) is 0. The third-order valence-electron chi connectivity index (χ3n) is 2.80. The molecule has 146 valence electrons. The Kier molecular flexibility index (Phi) is 8.77. The predicted molar refractivity (Wildman–Crippen MR) is 110 cm³/mol. The fraction of sp³-hybridized carbons (Fsp3) is 0.250. The van der Waals surface area contributed by atoms with Gasteiger partial charge in [0.25, 0.3) is 5.69 Å². The normalized spacial score (nSPS) is 10.5. The molecule has 0 unspecified atom stereocenters. The highest BCUT2D eigenvalue weighted by Gasteiger charge is 2.20. The number of nitro groups is 1. The Balaban J connectivity index is 0.000000828. The molecule has 0 atom stereocenters. The first kappa shape index (κ1) is 23.5. The number of benzene rings is 2. The van der Waals surface area contributed by atoms with Crippen LogP contribution in [0.15, 0.2) is 45.3 Å². The lowest BCUT2D eigenvalue weighted by Crippen LogP contribution is -2.26. The lowest BCUT2D eigenvalue weighted by Gasteiger charge is -2.22. The van der Waals surface area contributed by atoms with Crippen molar-refractivity contribution in [1.29, 1.82) is 0 Å². The number of halogens is 2. The SMILES string of the molecule is CC(C)(C)Nc1cc(Oc2ccc(Br)cc2Br)ccc1[N+](=O)[O-].O=[P+](O)O. The van der Waals surface area contributed by atoms with Crippen LogP contribution in [-0.2, 0) is 4.57 Å². The minimum atomic E-state index is -2.87. The maximum Gasteiger partial charge on any atom is 0.692 e. The number of hydrogen-bond acceptors (Lipinski definition) is 5. The highest BCUT2D eigenvalue weighted by Crippen LogP contribution is 2.36. The Hall–Kier alpha value is -1.58. The predicted octanol–water partition coefficient (Wildman–Crippen LogP) is 5.75. The van der Waals surface area contributed by atoms with Crippen molar-refractivity contribution in [3.8, 4) is 11.5 Å². The second kappa shape index (κ2) is 10.1. The van der Waals surface area contributed by atoms with Gasteiger partial charge in [0.05, 0.1) is 9.40 Å². The van der Waals surface area contributed by atoms with E-state index < -0.39 is 13.2 Å². The topological polar surface area (TPSA) is 122 Å². The first-order valence-electron chi connectivity index (χ1n) is 7.43. The maximum absolute atomic E-state index is 11.2. The minimum absolute atomic E-state index is 0.0159. The fourth-order valence-electron chi connectivity index (χ4n) is 1.93. The summed E-state index contributed by atoms with van der Waals surface area (Å²) in [6.45, 7) is 5.82. The third kappa shape index (κ3) is 8.77. The van der Waals surface area contributed by atoms with Crippen LogP contribution in [0.25, 0.3) is 0 Å². The Bertz CT molecular complexity index is 838. The number of nitrogens with zero attached hydrogens (tertiary/aromatic N) is 1. The van der Waals surface area contributed by atoms with Crippen LogP contribution in [0.5, 0.6) is 11.5 Å². The standard InChI is InChI=1S/C16H16Br2N2O3.HO3P/c1-16(2,3)19-13-9-11(5-6-14(13)20(21)22)23-15-7-4-10(17)8-12(15)18;1-4(2)3/h4-9,19H,1-3H3;(H-,1,2,3)/p+1. The van der Waals surface area contributed by atoms with Crippen molar-refractivity contribution in [3.05, 3.63) is 55.5 Å². The zero-order chi connectivity index (χ0) is 20.8. The number of rotatable bonds is 4. The monoisotopic (exact) mass is 523 g/mol. The van der Waals surface area contributed by atoms with Gasteiger partial charge in [0, 0.05) is 26.7 Å². The molecule has 11 heteroatoms. The van der Waals surface area contributed by atoms with Crippen molar-refractivity contribution in [1.82, 2.24) is 0 Å². The van der Waals surface area contributed by atoms with Crippen LogP contribution in [0.2, 0.25) is 0 Å². The molecule has 0 saturated heterocycles. The lowest BCUT2D eigenvalue weighted by atomic mass is 10.1. The van der Waals surface area contributed by atoms with Gasteiger partial charge in [-0.2, -0.15) is 0 Å². The highest BCUT2D eigenvalue weighted by atomic mass is 79.9. The molecule has 2 rings (SSSR count). The average Bonchev–Trinajstić information content (AvgIpc) is 2.48. The molecule has 2 aromatic rings. The van der Waals surface area contributed by atoms with E-state index in [1.54, 1.807) is 12.1 Å². The number of ether oxygens (including phenoxy) is 1. The van der Waals surface area contributed by atoms with E-state index in [0.29, 0.717) is 17.2 Å². The average molecular weight is 525 g/mol. The van der Waals surface area contributed by atoms with E-state index in [4.69, 9.17) is 19.1 Å². The maximum atomic E-state index is 11.2. The first-order chi connectivity index (χ1) is 12.4. The van der Waals surface area contributed by atoms with Crippen LogP contribution in [0.4, 0.5) is 11.4 Å². The molecule has 0 spiro atoms. The summed E-state index contributed by atoms with van der Waals surface area (Å²) in [7, 11) is -2.87. The molecule has 0 bridgehead atoms. The van der Waals surface area contributed by atoms with E-state index in [9.17, 15) is 10.1 Å². The number of nitrogens with one attached hydrogen (secondary N) is 1. The second-order valence-corrected chi connectivity index (χ2v) is 8.52. The zero-order valence-corrected chi connectivity index (χ0v) is 18.7. The van der Waals surface area contributed by atoms with E-state index >= 15 is 0 Å². The van der Waals surface area contributed by atoms with Crippen LogP contribution < -0.4 is 10.1 Å². The van der Waals surface area contributed by atoms with Crippen molar-refractivity contribution >= 4 is 51.5 Å². The quantitative estimate of drug-likeness (QED) is 0.264. The molecule has 0 aromatic heterocycles. The first-order valence-corrected chi connectivity index (χ1v) is 10.2. The fourth-order valence-corrected chi connectivity index (χ4v) is 3.05. The van der Waals surface area contributed by atoms with Crippen molar-refractivity contribution in [3.63, 3.8) is 0 Å². The van der Waals surface area contributed by atoms with E-state index in [-0.39, 0.29) is 11.2 Å². The molecule has 2 aromatic carbocycles. The van der Waals surface area contributed by atoms with Crippen LogP contribution >= 0.6 is 40.1 Å². The number of hydrogen-bond donors (Lipinski definition) is 3. The van der Waals surface area contributed by atoms with Gasteiger partial charge in [-0.1, -0.05) is 15.9 Å². The van der Waals surface area contributed by atoms with Gasteiger partial charge >= 0.3 is 8.25 Å². The molecule has 0 radical (unpaired) electrons. The molecule has 0 saturated carbocycles. The summed E-state index contributed by atoms with van der Waals surface area (Å²) < 4.78 is 16.2.